The first-order chi connectivity index (χ1) is 13.1. The normalized spacial score (nSPS) is 10.7. The summed E-state index contributed by atoms with van der Waals surface area (Å²) in [5.74, 6) is -0.428. The van der Waals surface area contributed by atoms with Gasteiger partial charge in [0.1, 0.15) is 5.82 Å². The van der Waals surface area contributed by atoms with E-state index in [9.17, 15) is 9.18 Å². The summed E-state index contributed by atoms with van der Waals surface area (Å²) in [6.07, 6.45) is 0. The third-order valence-corrected chi connectivity index (χ3v) is 4.53. The van der Waals surface area contributed by atoms with Gasteiger partial charge < -0.3 is 4.90 Å². The number of para-hydroxylation sites is 2. The number of pyridine rings is 1. The predicted octanol–water partition coefficient (Wildman–Crippen LogP) is 5.32. The Balaban J connectivity index is 1.86. The molecule has 0 saturated carbocycles. The maximum Gasteiger partial charge on any atom is 0.258 e. The van der Waals surface area contributed by atoms with Crippen LogP contribution in [0.15, 0.2) is 84.9 Å². The summed E-state index contributed by atoms with van der Waals surface area (Å²) in [5.41, 5.74) is 3.50. The Bertz CT molecular complexity index is 1110. The lowest BCUT2D eigenvalue weighted by Gasteiger charge is -2.19. The van der Waals surface area contributed by atoms with Crippen LogP contribution in [0.25, 0.3) is 22.2 Å². The third kappa shape index (κ3) is 3.29. The Kier molecular flexibility index (Phi) is 4.38. The van der Waals surface area contributed by atoms with Gasteiger partial charge in [-0.15, -0.1) is 0 Å². The highest BCUT2D eigenvalue weighted by Crippen LogP contribution is 2.27. The fourth-order valence-corrected chi connectivity index (χ4v) is 3.07. The lowest BCUT2D eigenvalue weighted by atomic mass is 10.0. The number of halogens is 1. The molecule has 0 spiro atoms. The molecule has 0 unspecified atom stereocenters. The number of rotatable bonds is 3. The molecule has 4 heteroatoms. The van der Waals surface area contributed by atoms with Crippen molar-refractivity contribution in [3.63, 3.8) is 0 Å². The van der Waals surface area contributed by atoms with E-state index in [2.05, 4.69) is 4.98 Å². The largest absolute Gasteiger partial charge is 0.311 e. The van der Waals surface area contributed by atoms with E-state index in [-0.39, 0.29) is 11.7 Å². The average molecular weight is 356 g/mol. The number of benzene rings is 3. The van der Waals surface area contributed by atoms with E-state index in [0.717, 1.165) is 22.2 Å². The Labute approximate surface area is 156 Å². The van der Waals surface area contributed by atoms with Crippen molar-refractivity contribution >= 4 is 22.5 Å². The van der Waals surface area contributed by atoms with Gasteiger partial charge in [0.25, 0.3) is 5.91 Å². The molecule has 27 heavy (non-hydrogen) atoms. The fraction of sp³-hybridized carbons (Fsp3) is 0.0435. The number of hydrogen-bond donors (Lipinski definition) is 0. The average Bonchev–Trinajstić information content (AvgIpc) is 2.73. The van der Waals surface area contributed by atoms with Crippen LogP contribution in [0, 0.1) is 5.82 Å². The molecule has 132 valence electrons. The van der Waals surface area contributed by atoms with Gasteiger partial charge in [-0.25, -0.2) is 9.37 Å². The molecule has 3 nitrogen and oxygen atoms in total. The Morgan fingerprint density at radius 2 is 1.56 bits per heavy atom. The van der Waals surface area contributed by atoms with Gasteiger partial charge in [-0.3, -0.25) is 4.79 Å². The Morgan fingerprint density at radius 3 is 2.30 bits per heavy atom. The lowest BCUT2D eigenvalue weighted by molar-refractivity contribution is 0.0994. The maximum absolute atomic E-state index is 13.3. The first-order valence-electron chi connectivity index (χ1n) is 8.62. The third-order valence-electron chi connectivity index (χ3n) is 4.53. The van der Waals surface area contributed by atoms with Crippen molar-refractivity contribution in [3.05, 3.63) is 96.3 Å². The fourth-order valence-electron chi connectivity index (χ4n) is 3.07. The SMILES string of the molecule is CN(C(=O)c1cc(-c2ccc(F)cc2)nc2ccccc12)c1ccccc1. The minimum Gasteiger partial charge on any atom is -0.311 e. The minimum atomic E-state index is -0.306. The van der Waals surface area contributed by atoms with E-state index in [4.69, 9.17) is 0 Å². The summed E-state index contributed by atoms with van der Waals surface area (Å²) in [4.78, 5) is 19.5. The standard InChI is InChI=1S/C23H17FN2O/c1-26(18-7-3-2-4-8-18)23(27)20-15-22(16-11-13-17(24)14-12-16)25-21-10-6-5-9-19(20)21/h2-15H,1H3. The second kappa shape index (κ2) is 7.00. The summed E-state index contributed by atoms with van der Waals surface area (Å²) in [6.45, 7) is 0. The zero-order valence-corrected chi connectivity index (χ0v) is 14.8. The number of aromatic nitrogens is 1. The molecular formula is C23H17FN2O. The molecule has 0 atom stereocenters. The molecule has 1 aromatic heterocycles. The van der Waals surface area contributed by atoms with Gasteiger partial charge >= 0.3 is 0 Å². The topological polar surface area (TPSA) is 33.2 Å². The number of carbonyl (C=O) groups is 1. The van der Waals surface area contributed by atoms with Crippen molar-refractivity contribution in [2.24, 2.45) is 0 Å². The zero-order valence-electron chi connectivity index (χ0n) is 14.8. The summed E-state index contributed by atoms with van der Waals surface area (Å²) in [5, 5.41) is 0.788. The molecule has 0 bridgehead atoms. The van der Waals surface area contributed by atoms with Crippen molar-refractivity contribution in [2.45, 2.75) is 0 Å². The first-order valence-corrected chi connectivity index (χ1v) is 8.62. The van der Waals surface area contributed by atoms with E-state index in [1.807, 2.05) is 54.6 Å². The van der Waals surface area contributed by atoms with Crippen LogP contribution in [0.3, 0.4) is 0 Å². The van der Waals surface area contributed by atoms with Crippen LogP contribution in [0.5, 0.6) is 0 Å². The summed E-state index contributed by atoms with van der Waals surface area (Å²) in [7, 11) is 1.75. The summed E-state index contributed by atoms with van der Waals surface area (Å²) < 4.78 is 13.3. The molecule has 0 aliphatic carbocycles. The molecule has 0 N–H and O–H groups in total. The van der Waals surface area contributed by atoms with Crippen molar-refractivity contribution < 1.29 is 9.18 Å². The molecule has 4 aromatic rings. The van der Waals surface area contributed by atoms with E-state index in [1.54, 1.807) is 30.1 Å². The van der Waals surface area contributed by atoms with Gasteiger partial charge in [-0.2, -0.15) is 0 Å². The highest BCUT2D eigenvalue weighted by Gasteiger charge is 2.18. The highest BCUT2D eigenvalue weighted by molar-refractivity contribution is 6.14. The predicted molar refractivity (Wildman–Crippen MR) is 106 cm³/mol. The van der Waals surface area contributed by atoms with Gasteiger partial charge in [0, 0.05) is 23.7 Å². The van der Waals surface area contributed by atoms with E-state index in [1.165, 1.54) is 12.1 Å². The summed E-state index contributed by atoms with van der Waals surface area (Å²) in [6, 6.07) is 24.9. The van der Waals surface area contributed by atoms with Crippen LogP contribution in [0.4, 0.5) is 10.1 Å². The van der Waals surface area contributed by atoms with Crippen molar-refractivity contribution in [3.8, 4) is 11.3 Å². The van der Waals surface area contributed by atoms with Crippen molar-refractivity contribution in [1.82, 2.24) is 4.98 Å². The first kappa shape index (κ1) is 16.9. The van der Waals surface area contributed by atoms with E-state index < -0.39 is 0 Å². The number of anilines is 1. The van der Waals surface area contributed by atoms with Crippen LogP contribution in [0.1, 0.15) is 10.4 Å². The van der Waals surface area contributed by atoms with Crippen LogP contribution >= 0.6 is 0 Å². The van der Waals surface area contributed by atoms with Crippen molar-refractivity contribution in [1.29, 1.82) is 0 Å². The lowest BCUT2D eigenvalue weighted by Crippen LogP contribution is -2.26. The van der Waals surface area contributed by atoms with E-state index in [0.29, 0.717) is 11.3 Å². The molecule has 0 aliphatic heterocycles. The van der Waals surface area contributed by atoms with Gasteiger partial charge in [-0.1, -0.05) is 36.4 Å². The molecule has 3 aromatic carbocycles. The zero-order chi connectivity index (χ0) is 18.8. The molecule has 0 radical (unpaired) electrons. The van der Waals surface area contributed by atoms with E-state index >= 15 is 0 Å². The van der Waals surface area contributed by atoms with Gasteiger partial charge in [0.2, 0.25) is 0 Å². The molecule has 1 heterocycles. The van der Waals surface area contributed by atoms with Gasteiger partial charge in [-0.05, 0) is 48.5 Å². The number of amides is 1. The molecule has 0 fully saturated rings. The number of carbonyl (C=O) groups excluding carboxylic acids is 1. The van der Waals surface area contributed by atoms with Crippen LogP contribution < -0.4 is 4.90 Å². The molecule has 1 amide bonds. The number of fused-ring (bicyclic) bond motifs is 1. The smallest absolute Gasteiger partial charge is 0.258 e. The van der Waals surface area contributed by atoms with Gasteiger partial charge in [0.15, 0.2) is 0 Å². The van der Waals surface area contributed by atoms with Crippen LogP contribution in [-0.4, -0.2) is 17.9 Å². The van der Waals surface area contributed by atoms with Crippen molar-refractivity contribution in [2.75, 3.05) is 11.9 Å². The minimum absolute atomic E-state index is 0.122. The monoisotopic (exact) mass is 356 g/mol. The second-order valence-corrected chi connectivity index (χ2v) is 6.28. The summed E-state index contributed by atoms with van der Waals surface area (Å²) >= 11 is 0. The van der Waals surface area contributed by atoms with Crippen LogP contribution in [0.2, 0.25) is 0 Å². The number of nitrogens with zero attached hydrogens (tertiary/aromatic N) is 2. The Hall–Kier alpha value is -3.53. The molecule has 0 saturated heterocycles. The highest BCUT2D eigenvalue weighted by atomic mass is 19.1. The second-order valence-electron chi connectivity index (χ2n) is 6.28. The Morgan fingerprint density at radius 1 is 0.889 bits per heavy atom. The molecule has 4 rings (SSSR count). The quantitative estimate of drug-likeness (QED) is 0.498. The van der Waals surface area contributed by atoms with Crippen LogP contribution in [-0.2, 0) is 0 Å². The number of hydrogen-bond acceptors (Lipinski definition) is 2. The maximum atomic E-state index is 13.3. The molecule has 0 aliphatic rings. The van der Waals surface area contributed by atoms with Gasteiger partial charge in [0.05, 0.1) is 16.8 Å². The molecular weight excluding hydrogens is 339 g/mol.